The first-order chi connectivity index (χ1) is 18.8. The average Bonchev–Trinajstić information content (AvgIpc) is 2.99. The largest absolute Gasteiger partial charge is 0.0581 e. The Kier molecular flexibility index (Phi) is 5.72. The van der Waals surface area contributed by atoms with Gasteiger partial charge in [0.25, 0.3) is 0 Å². The SMILES string of the molecule is c1cc2ccc1Cc1ccc(cc1)-c1ccc(cc1)-c1ccc(cc1)Cc1ccc(cc1)-c1ccc-2cc1. The van der Waals surface area contributed by atoms with Crippen LogP contribution >= 0.6 is 0 Å². The lowest BCUT2D eigenvalue weighted by atomic mass is 9.95. The van der Waals surface area contributed by atoms with E-state index in [1.165, 1.54) is 66.8 Å². The third kappa shape index (κ3) is 4.58. The zero-order valence-corrected chi connectivity index (χ0v) is 21.3. The molecule has 0 fully saturated rings. The molecule has 0 aromatic heterocycles. The fourth-order valence-electron chi connectivity index (χ4n) is 5.44. The lowest BCUT2D eigenvalue weighted by Gasteiger charge is -2.10. The second-order valence-electron chi connectivity index (χ2n) is 10.3. The first-order valence-electron chi connectivity index (χ1n) is 13.3. The Morgan fingerprint density at radius 1 is 0.184 bits per heavy atom. The van der Waals surface area contributed by atoms with Gasteiger partial charge in [-0.1, -0.05) is 146 Å². The summed E-state index contributed by atoms with van der Waals surface area (Å²) < 4.78 is 0. The van der Waals surface area contributed by atoms with Gasteiger partial charge in [-0.25, -0.2) is 0 Å². The van der Waals surface area contributed by atoms with Gasteiger partial charge < -0.3 is 0 Å². The van der Waals surface area contributed by atoms with E-state index in [-0.39, 0.29) is 0 Å². The molecule has 6 aromatic carbocycles. The van der Waals surface area contributed by atoms with Gasteiger partial charge in [0, 0.05) is 0 Å². The van der Waals surface area contributed by atoms with E-state index in [0.29, 0.717) is 0 Å². The second kappa shape index (κ2) is 9.65. The molecule has 16 aliphatic carbocycles. The van der Waals surface area contributed by atoms with Gasteiger partial charge in [-0.2, -0.15) is 0 Å². The van der Waals surface area contributed by atoms with E-state index in [2.05, 4.69) is 146 Å². The maximum atomic E-state index is 2.25. The molecule has 0 heterocycles. The van der Waals surface area contributed by atoms with Gasteiger partial charge in [-0.15, -0.1) is 0 Å². The van der Waals surface area contributed by atoms with Gasteiger partial charge in [0.1, 0.15) is 0 Å². The predicted molar refractivity (Wildman–Crippen MR) is 160 cm³/mol. The summed E-state index contributed by atoms with van der Waals surface area (Å²) in [6, 6.07) is 53.8. The molecule has 0 heteroatoms. The van der Waals surface area contributed by atoms with Crippen molar-refractivity contribution in [3.8, 4) is 44.5 Å². The normalized spacial score (nSPS) is 12.0. The Balaban J connectivity index is 1.26. The molecule has 0 saturated heterocycles. The van der Waals surface area contributed by atoms with Crippen LogP contribution in [0.3, 0.4) is 0 Å². The molecule has 0 N–H and O–H groups in total. The molecule has 0 unspecified atom stereocenters. The first-order valence-corrected chi connectivity index (χ1v) is 13.3. The zero-order valence-electron chi connectivity index (χ0n) is 21.3. The Bertz CT molecular complexity index is 1410. The van der Waals surface area contributed by atoms with Crippen molar-refractivity contribution in [2.24, 2.45) is 0 Å². The molecule has 6 aromatic rings. The van der Waals surface area contributed by atoms with Crippen molar-refractivity contribution in [3.63, 3.8) is 0 Å². The molecule has 38 heavy (non-hydrogen) atoms. The van der Waals surface area contributed by atoms with E-state index in [1.54, 1.807) is 0 Å². The minimum atomic E-state index is 0.935. The van der Waals surface area contributed by atoms with Gasteiger partial charge in [0.05, 0.1) is 0 Å². The van der Waals surface area contributed by atoms with Crippen LogP contribution in [0.4, 0.5) is 0 Å². The van der Waals surface area contributed by atoms with Crippen LogP contribution < -0.4 is 0 Å². The van der Waals surface area contributed by atoms with E-state index < -0.39 is 0 Å². The molecule has 0 radical (unpaired) electrons. The summed E-state index contributed by atoms with van der Waals surface area (Å²) in [5.41, 5.74) is 15.3. The highest BCUT2D eigenvalue weighted by molar-refractivity contribution is 5.72. The van der Waals surface area contributed by atoms with Crippen LogP contribution in [0.25, 0.3) is 44.5 Å². The van der Waals surface area contributed by atoms with Crippen LogP contribution in [0.1, 0.15) is 22.3 Å². The fourth-order valence-corrected chi connectivity index (χ4v) is 5.44. The third-order valence-corrected chi connectivity index (χ3v) is 7.74. The van der Waals surface area contributed by atoms with Crippen molar-refractivity contribution in [1.29, 1.82) is 0 Å². The lowest BCUT2D eigenvalue weighted by molar-refractivity contribution is 1.19. The van der Waals surface area contributed by atoms with Crippen LogP contribution in [-0.2, 0) is 12.8 Å². The Morgan fingerprint density at radius 2 is 0.316 bits per heavy atom. The monoisotopic (exact) mass is 484 g/mol. The fraction of sp³-hybridized carbons (Fsp3) is 0.0526. The smallest absolute Gasteiger partial charge is 0.00258 e. The van der Waals surface area contributed by atoms with Crippen molar-refractivity contribution in [1.82, 2.24) is 0 Å². The van der Waals surface area contributed by atoms with Crippen LogP contribution in [0, 0.1) is 0 Å². The Hall–Kier alpha value is -4.68. The summed E-state index contributed by atoms with van der Waals surface area (Å²) in [6.07, 6.45) is 1.87. The van der Waals surface area contributed by atoms with E-state index in [9.17, 15) is 0 Å². The topological polar surface area (TPSA) is 0 Å². The van der Waals surface area contributed by atoms with E-state index >= 15 is 0 Å². The van der Waals surface area contributed by atoms with Crippen LogP contribution in [0.2, 0.25) is 0 Å². The molecule has 12 bridgehead atoms. The molecular formula is C38H28. The summed E-state index contributed by atoms with van der Waals surface area (Å²) in [7, 11) is 0. The van der Waals surface area contributed by atoms with Crippen LogP contribution in [0.5, 0.6) is 0 Å². The van der Waals surface area contributed by atoms with Crippen molar-refractivity contribution < 1.29 is 0 Å². The number of hydrogen-bond acceptors (Lipinski definition) is 0. The van der Waals surface area contributed by atoms with Crippen molar-refractivity contribution >= 4 is 0 Å². The standard InChI is InChI=1S/C38H28/c1-9-31-10-2-27(1)25-28-3-11-32(12-4-28)37-21-23-38(24-22-37)34-15-7-30(8-16-34)26-29-5-13-33(14-6-29)36-19-17-35(31)18-20-36/h1-24H,25-26H2. The van der Waals surface area contributed by atoms with Gasteiger partial charge in [-0.3, -0.25) is 0 Å². The minimum absolute atomic E-state index is 0.935. The molecule has 0 nitrogen and oxygen atoms in total. The summed E-state index contributed by atoms with van der Waals surface area (Å²) in [5.74, 6) is 0. The van der Waals surface area contributed by atoms with Gasteiger partial charge in [0.2, 0.25) is 0 Å². The maximum absolute atomic E-state index is 2.25. The van der Waals surface area contributed by atoms with Crippen molar-refractivity contribution in [2.45, 2.75) is 12.8 Å². The molecular weight excluding hydrogens is 456 g/mol. The second-order valence-corrected chi connectivity index (χ2v) is 10.3. The van der Waals surface area contributed by atoms with E-state index in [0.717, 1.165) is 12.8 Å². The average molecular weight is 485 g/mol. The molecule has 180 valence electrons. The summed E-state index contributed by atoms with van der Waals surface area (Å²) in [4.78, 5) is 0. The first kappa shape index (κ1) is 22.5. The van der Waals surface area contributed by atoms with Crippen LogP contribution in [-0.4, -0.2) is 0 Å². The number of hydrogen-bond donors (Lipinski definition) is 0. The summed E-state index contributed by atoms with van der Waals surface area (Å²) >= 11 is 0. The number of benzene rings is 6. The summed E-state index contributed by atoms with van der Waals surface area (Å²) in [5, 5.41) is 0. The zero-order chi connectivity index (χ0) is 25.3. The highest BCUT2D eigenvalue weighted by Gasteiger charge is 2.06. The van der Waals surface area contributed by atoms with E-state index in [1.807, 2.05) is 0 Å². The van der Waals surface area contributed by atoms with Gasteiger partial charge in [-0.05, 0) is 79.6 Å². The molecule has 0 atom stereocenters. The Morgan fingerprint density at radius 3 is 0.474 bits per heavy atom. The molecule has 0 aliphatic heterocycles. The molecule has 0 amide bonds. The third-order valence-electron chi connectivity index (χ3n) is 7.74. The van der Waals surface area contributed by atoms with E-state index in [4.69, 9.17) is 0 Å². The van der Waals surface area contributed by atoms with Crippen LogP contribution in [0.15, 0.2) is 146 Å². The quantitative estimate of drug-likeness (QED) is 0.201. The number of rotatable bonds is 0. The minimum Gasteiger partial charge on any atom is -0.0581 e. The van der Waals surface area contributed by atoms with Gasteiger partial charge in [0.15, 0.2) is 0 Å². The molecule has 0 spiro atoms. The lowest BCUT2D eigenvalue weighted by Crippen LogP contribution is -1.90. The Labute approximate surface area is 224 Å². The highest BCUT2D eigenvalue weighted by atomic mass is 14.1. The van der Waals surface area contributed by atoms with Crippen molar-refractivity contribution in [3.05, 3.63) is 168 Å². The maximum Gasteiger partial charge on any atom is -0.00258 e. The predicted octanol–water partition coefficient (Wildman–Crippen LogP) is 9.85. The van der Waals surface area contributed by atoms with Gasteiger partial charge >= 0.3 is 0 Å². The van der Waals surface area contributed by atoms with Crippen molar-refractivity contribution in [2.75, 3.05) is 0 Å². The molecule has 16 aliphatic rings. The summed E-state index contributed by atoms with van der Waals surface area (Å²) in [6.45, 7) is 0. The molecule has 0 saturated carbocycles. The molecule has 22 rings (SSSR count). The highest BCUT2D eigenvalue weighted by Crippen LogP contribution is 2.29.